The van der Waals surface area contributed by atoms with Crippen molar-refractivity contribution in [1.29, 1.82) is 0 Å². The zero-order valence-corrected chi connectivity index (χ0v) is 26.0. The van der Waals surface area contributed by atoms with Crippen LogP contribution in [0.25, 0.3) is 11.4 Å². The highest BCUT2D eigenvalue weighted by atomic mass is 15.2. The van der Waals surface area contributed by atoms with Crippen LogP contribution in [0.5, 0.6) is 0 Å². The van der Waals surface area contributed by atoms with Crippen molar-refractivity contribution in [3.8, 4) is 11.4 Å². The molecule has 4 rings (SSSR count). The third kappa shape index (κ3) is 6.30. The molecule has 0 saturated carbocycles. The summed E-state index contributed by atoms with van der Waals surface area (Å²) in [6.07, 6.45) is 4.49. The molecule has 0 aliphatic rings. The standard InChI is InChI=1S/C36H48N3/c1-22(2)29-14-30(23(3)4)17-33(16-29)38-20-35(37-36-27(10)12-26(9)13-28(36)11)39(21-38)34-18-31(24(5)6)15-32(19-34)25(7)8/h12-25,37H,1-11H3/q+1. The van der Waals surface area contributed by atoms with Gasteiger partial charge < -0.3 is 5.32 Å². The highest BCUT2D eigenvalue weighted by Crippen LogP contribution is 2.31. The number of nitrogens with one attached hydrogen (secondary N) is 1. The van der Waals surface area contributed by atoms with Crippen molar-refractivity contribution < 1.29 is 4.57 Å². The zero-order chi connectivity index (χ0) is 28.6. The minimum atomic E-state index is 0.458. The first-order chi connectivity index (χ1) is 18.3. The predicted octanol–water partition coefficient (Wildman–Crippen LogP) is 9.92. The molecule has 0 bridgehead atoms. The Bertz CT molecular complexity index is 1390. The number of imidazole rings is 1. The molecule has 0 saturated heterocycles. The molecule has 0 aliphatic carbocycles. The van der Waals surface area contributed by atoms with E-state index in [1.165, 1.54) is 56.0 Å². The first-order valence-electron chi connectivity index (χ1n) is 14.6. The maximum absolute atomic E-state index is 3.84. The van der Waals surface area contributed by atoms with E-state index in [1.54, 1.807) is 0 Å². The van der Waals surface area contributed by atoms with Crippen LogP contribution >= 0.6 is 0 Å². The first-order valence-corrected chi connectivity index (χ1v) is 14.6. The summed E-state index contributed by atoms with van der Waals surface area (Å²) in [6.45, 7) is 24.8. The molecule has 0 atom stereocenters. The van der Waals surface area contributed by atoms with Crippen LogP contribution in [0.15, 0.2) is 61.1 Å². The molecule has 3 heteroatoms. The van der Waals surface area contributed by atoms with Gasteiger partial charge in [0.1, 0.15) is 11.4 Å². The molecule has 0 amide bonds. The average molecular weight is 523 g/mol. The van der Waals surface area contributed by atoms with E-state index < -0.39 is 0 Å². The van der Waals surface area contributed by atoms with Crippen LogP contribution < -0.4 is 9.88 Å². The number of hydrogen-bond acceptors (Lipinski definition) is 1. The van der Waals surface area contributed by atoms with Gasteiger partial charge in [0.05, 0.1) is 0 Å². The Kier molecular flexibility index (Phi) is 8.39. The van der Waals surface area contributed by atoms with Crippen LogP contribution in [-0.4, -0.2) is 4.57 Å². The molecule has 1 heterocycles. The fourth-order valence-corrected chi connectivity index (χ4v) is 5.30. The third-order valence-electron chi connectivity index (χ3n) is 7.86. The molecule has 1 N–H and O–H groups in total. The van der Waals surface area contributed by atoms with E-state index in [1.807, 2.05) is 0 Å². The lowest BCUT2D eigenvalue weighted by Crippen LogP contribution is -2.28. The Labute approximate surface area is 236 Å². The molecule has 0 aliphatic heterocycles. The van der Waals surface area contributed by atoms with Crippen molar-refractivity contribution in [3.05, 3.63) is 100.0 Å². The maximum Gasteiger partial charge on any atom is 0.255 e. The van der Waals surface area contributed by atoms with Gasteiger partial charge in [0.15, 0.2) is 6.20 Å². The van der Waals surface area contributed by atoms with Gasteiger partial charge in [0.25, 0.3) is 6.33 Å². The summed E-state index contributed by atoms with van der Waals surface area (Å²) >= 11 is 0. The highest BCUT2D eigenvalue weighted by molar-refractivity contribution is 5.66. The Hall–Kier alpha value is -3.33. The van der Waals surface area contributed by atoms with Crippen LogP contribution in [0.3, 0.4) is 0 Å². The number of hydrogen-bond donors (Lipinski definition) is 1. The van der Waals surface area contributed by atoms with E-state index >= 15 is 0 Å². The Morgan fingerprint density at radius 2 is 1.03 bits per heavy atom. The van der Waals surface area contributed by atoms with E-state index in [9.17, 15) is 0 Å². The number of rotatable bonds is 8. The molecule has 1 aromatic heterocycles. The Morgan fingerprint density at radius 3 is 1.46 bits per heavy atom. The van der Waals surface area contributed by atoms with Crippen LogP contribution in [0.1, 0.15) is 118 Å². The monoisotopic (exact) mass is 522 g/mol. The number of nitrogens with zero attached hydrogens (tertiary/aromatic N) is 2. The molecule has 0 radical (unpaired) electrons. The second-order valence-electron chi connectivity index (χ2n) is 12.6. The lowest BCUT2D eigenvalue weighted by Gasteiger charge is -2.15. The van der Waals surface area contributed by atoms with Gasteiger partial charge in [0, 0.05) is 5.69 Å². The van der Waals surface area contributed by atoms with Gasteiger partial charge >= 0.3 is 0 Å². The van der Waals surface area contributed by atoms with Gasteiger partial charge in [0.2, 0.25) is 5.82 Å². The van der Waals surface area contributed by atoms with Crippen LogP contribution in [0.2, 0.25) is 0 Å². The summed E-state index contributed by atoms with van der Waals surface area (Å²) in [5, 5.41) is 3.84. The van der Waals surface area contributed by atoms with Crippen molar-refractivity contribution in [2.45, 2.75) is 99.8 Å². The van der Waals surface area contributed by atoms with Crippen molar-refractivity contribution in [3.63, 3.8) is 0 Å². The van der Waals surface area contributed by atoms with Gasteiger partial charge in [-0.1, -0.05) is 85.2 Å². The van der Waals surface area contributed by atoms with Gasteiger partial charge in [-0.05, 0) is 102 Å². The SMILES string of the molecule is Cc1cc(C)c(Nc2c[n+](-c3cc(C(C)C)cc(C(C)C)c3)cn2-c2cc(C(C)C)cc(C(C)C)c2)c(C)c1. The molecular formula is C36H48N3+. The van der Waals surface area contributed by atoms with E-state index in [0.717, 1.165) is 5.82 Å². The zero-order valence-electron chi connectivity index (χ0n) is 26.0. The quantitative estimate of drug-likeness (QED) is 0.228. The molecule has 0 spiro atoms. The van der Waals surface area contributed by atoms with E-state index in [4.69, 9.17) is 0 Å². The normalized spacial score (nSPS) is 11.9. The number of anilines is 2. The molecule has 0 unspecified atom stereocenters. The van der Waals surface area contributed by atoms with Crippen molar-refractivity contribution >= 4 is 11.5 Å². The van der Waals surface area contributed by atoms with Crippen molar-refractivity contribution in [1.82, 2.24) is 4.57 Å². The largest absolute Gasteiger partial charge is 0.319 e. The Balaban J connectivity index is 1.96. The van der Waals surface area contributed by atoms with Gasteiger partial charge in [-0.25, -0.2) is 0 Å². The molecule has 4 aromatic rings. The number of aryl methyl sites for hydroxylation is 3. The summed E-state index contributed by atoms with van der Waals surface area (Å²) in [4.78, 5) is 0. The lowest BCUT2D eigenvalue weighted by atomic mass is 9.95. The van der Waals surface area contributed by atoms with E-state index in [0.29, 0.717) is 23.7 Å². The fraction of sp³-hybridized carbons (Fsp3) is 0.417. The van der Waals surface area contributed by atoms with Gasteiger partial charge in [-0.3, -0.25) is 0 Å². The summed E-state index contributed by atoms with van der Waals surface area (Å²) in [6, 6.07) is 18.7. The summed E-state index contributed by atoms with van der Waals surface area (Å²) in [5.74, 6) is 2.91. The third-order valence-corrected chi connectivity index (χ3v) is 7.86. The van der Waals surface area contributed by atoms with Crippen molar-refractivity contribution in [2.75, 3.05) is 5.32 Å². The summed E-state index contributed by atoms with van der Waals surface area (Å²) < 4.78 is 4.61. The predicted molar refractivity (Wildman–Crippen MR) is 168 cm³/mol. The molecule has 3 aromatic carbocycles. The van der Waals surface area contributed by atoms with E-state index in [2.05, 4.69) is 152 Å². The number of aromatic nitrogens is 2. The number of benzene rings is 3. The van der Waals surface area contributed by atoms with Crippen molar-refractivity contribution in [2.24, 2.45) is 0 Å². The molecule has 39 heavy (non-hydrogen) atoms. The molecule has 0 fully saturated rings. The second kappa shape index (κ2) is 11.4. The molecular weight excluding hydrogens is 474 g/mol. The van der Waals surface area contributed by atoms with Crippen LogP contribution in [0.4, 0.5) is 11.5 Å². The smallest absolute Gasteiger partial charge is 0.255 e. The van der Waals surface area contributed by atoms with E-state index in [-0.39, 0.29) is 0 Å². The van der Waals surface area contributed by atoms with Gasteiger partial charge in [-0.15, -0.1) is 0 Å². The minimum Gasteiger partial charge on any atom is -0.319 e. The lowest BCUT2D eigenvalue weighted by molar-refractivity contribution is -0.594. The fourth-order valence-electron chi connectivity index (χ4n) is 5.30. The molecule has 206 valence electrons. The van der Waals surface area contributed by atoms with Crippen LogP contribution in [-0.2, 0) is 0 Å². The van der Waals surface area contributed by atoms with Crippen LogP contribution in [0, 0.1) is 20.8 Å². The summed E-state index contributed by atoms with van der Waals surface area (Å²) in [7, 11) is 0. The summed E-state index contributed by atoms with van der Waals surface area (Å²) in [5.41, 5.74) is 12.9. The topological polar surface area (TPSA) is 20.8 Å². The maximum atomic E-state index is 3.84. The minimum absolute atomic E-state index is 0.458. The second-order valence-corrected chi connectivity index (χ2v) is 12.6. The van der Waals surface area contributed by atoms with Gasteiger partial charge in [-0.2, -0.15) is 9.13 Å². The highest BCUT2D eigenvalue weighted by Gasteiger charge is 2.22. The molecule has 3 nitrogen and oxygen atoms in total. The Morgan fingerprint density at radius 1 is 0.590 bits per heavy atom. The first kappa shape index (κ1) is 28.7. The average Bonchev–Trinajstić information content (AvgIpc) is 3.29.